The molecule has 0 aliphatic rings. The molecule has 2 rings (SSSR count). The topological polar surface area (TPSA) is 609 Å². The molecule has 0 fully saturated rings. The summed E-state index contributed by atoms with van der Waals surface area (Å²) < 4.78 is 9.51. The summed E-state index contributed by atoms with van der Waals surface area (Å²) in [6.45, 7) is -2.08. The number of thioether (sulfide) groups is 2. The smallest absolute Gasteiger partial charge is 0.338 e. The molecule has 0 aromatic heterocycles. The number of Topliss-reactive ketones (excluding diaryl/α,β-unsaturated/α-hetero) is 3. The fourth-order valence-corrected chi connectivity index (χ4v) is 9.87. The van der Waals surface area contributed by atoms with Crippen molar-refractivity contribution in [3.63, 3.8) is 0 Å². The fourth-order valence-electron chi connectivity index (χ4n) is 7.47. The summed E-state index contributed by atoms with van der Waals surface area (Å²) >= 11 is 11.8. The maximum absolute atomic E-state index is 13.2. The van der Waals surface area contributed by atoms with Gasteiger partial charge in [-0.1, -0.05) is 51.4 Å². The number of nitrogens with one attached hydrogen (secondary N) is 7. The highest BCUT2D eigenvalue weighted by Crippen LogP contribution is 2.25. The van der Waals surface area contributed by atoms with Gasteiger partial charge in [0.2, 0.25) is 41.4 Å². The van der Waals surface area contributed by atoms with Gasteiger partial charge in [-0.2, -0.15) is 24.4 Å². The molecular formula is C58H80Br2N10O26S3. The largest absolute Gasteiger partial charge is 0.480 e. The van der Waals surface area contributed by atoms with Crippen LogP contribution in [0.4, 0.5) is 11.4 Å². The van der Waals surface area contributed by atoms with E-state index in [4.69, 9.17) is 57.3 Å². The zero-order valence-electron chi connectivity index (χ0n) is 52.5. The van der Waals surface area contributed by atoms with Crippen molar-refractivity contribution in [2.45, 2.75) is 95.4 Å². The lowest BCUT2D eigenvalue weighted by molar-refractivity contribution is -0.140. The third kappa shape index (κ3) is 39.5. The average molecular weight is 1590 g/mol. The van der Waals surface area contributed by atoms with Gasteiger partial charge in [0.15, 0.2) is 0 Å². The highest BCUT2D eigenvalue weighted by atomic mass is 79.9. The molecule has 0 spiro atoms. The Kier molecular flexibility index (Phi) is 47.3. The van der Waals surface area contributed by atoms with Crippen LogP contribution in [0.25, 0.3) is 0 Å². The van der Waals surface area contributed by atoms with E-state index in [2.05, 4.69) is 81.7 Å². The van der Waals surface area contributed by atoms with E-state index in [-0.39, 0.29) is 138 Å². The van der Waals surface area contributed by atoms with Crippen molar-refractivity contribution in [3.05, 3.63) is 58.7 Å². The summed E-state index contributed by atoms with van der Waals surface area (Å²) in [6, 6.07) is 2.47. The maximum Gasteiger partial charge on any atom is 0.338 e. The van der Waals surface area contributed by atoms with E-state index in [1.54, 1.807) is 18.2 Å². The van der Waals surface area contributed by atoms with Crippen LogP contribution in [-0.2, 0) is 99.0 Å². The Bertz CT molecular complexity index is 3200. The molecule has 0 bridgehead atoms. The minimum atomic E-state index is -1.37. The molecule has 0 saturated carbocycles. The number of hydrogen-bond donors (Lipinski definition) is 17. The minimum Gasteiger partial charge on any atom is -0.480 e. The summed E-state index contributed by atoms with van der Waals surface area (Å²) in [5, 5.41) is 69.3. The number of hydrogen-bond acceptors (Lipinski definition) is 26. The zero-order chi connectivity index (χ0) is 74.8. The Morgan fingerprint density at radius 2 is 0.869 bits per heavy atom. The predicted octanol–water partition coefficient (Wildman–Crippen LogP) is -1.42. The monoisotopic (exact) mass is 1590 g/mol. The predicted molar refractivity (Wildman–Crippen MR) is 367 cm³/mol. The first-order valence-corrected chi connectivity index (χ1v) is 33.7. The number of ether oxygens (including phenoxy) is 2. The molecule has 0 saturated heterocycles. The first-order chi connectivity index (χ1) is 46.0. The van der Waals surface area contributed by atoms with Crippen LogP contribution in [0.1, 0.15) is 84.2 Å². The van der Waals surface area contributed by atoms with Gasteiger partial charge in [0, 0.05) is 67.2 Å². The van der Waals surface area contributed by atoms with Gasteiger partial charge in [-0.15, -0.1) is 11.8 Å². The number of carbonyl (C=O) groups is 18. The molecule has 0 aliphatic heterocycles. The lowest BCUT2D eigenvalue weighted by atomic mass is 9.99. The number of alkyl halides is 2. The maximum atomic E-state index is 13.2. The van der Waals surface area contributed by atoms with E-state index in [1.807, 2.05) is 0 Å². The highest BCUT2D eigenvalue weighted by Gasteiger charge is 2.28. The van der Waals surface area contributed by atoms with Crippen LogP contribution in [0.5, 0.6) is 0 Å². The number of aliphatic carboxylic acids is 6. The first kappa shape index (κ1) is 92.4. The standard InChI is InChI=1S/C33H45N7O16S2.C13H13Br2NO4.C11H18N2O6S.CH4/c1-56-33(55)17-3-2-4-21(38-26(44)15-58-14-23(30(50)37-11-28(47)48)40-25(43)8-6-20(35)32(53)54)18(17)9-16(41)12-57-13-22(29(49)36-10-27(45)46)39-24(42)7-5-19(34)31(51)52;1-20-13(19)9-3-2-4-11(16-12(18)7-15)10(9)5-8(17)6-14;12-8(11(18)19)2-1-7(14)3-6(5-20)10(17)13-4-9(15)16;/h2-4,19-20,22-23H,5-15,34-35H2,1H3,(H,36,49)(H,37,50)(H,38,44)(H,39,42)(H,40,43)(H,45,46)(H,47,48)(H,51,52)(H,53,54);2-4H,5-7H2,1H3,(H,16,18);6,8,20H,1-5,12H2,(H,13,17)(H,15,16)(H,18,19);1H4. The van der Waals surface area contributed by atoms with Gasteiger partial charge in [-0.3, -0.25) is 76.7 Å². The van der Waals surface area contributed by atoms with Crippen LogP contribution in [0, 0.1) is 5.92 Å². The normalized spacial score (nSPS) is 12.1. The number of benzene rings is 2. The lowest BCUT2D eigenvalue weighted by Crippen LogP contribution is -2.49. The summed E-state index contributed by atoms with van der Waals surface area (Å²) in [6.07, 6.45) is -1.85. The average Bonchev–Trinajstić information content (AvgIpc) is 0.833. The highest BCUT2D eigenvalue weighted by molar-refractivity contribution is 9.09. The molecule has 0 aliphatic carbocycles. The van der Waals surface area contributed by atoms with Crippen LogP contribution >= 0.6 is 68.0 Å². The van der Waals surface area contributed by atoms with E-state index in [0.29, 0.717) is 11.3 Å². The second-order valence-corrected chi connectivity index (χ2v) is 23.7. The van der Waals surface area contributed by atoms with Crippen molar-refractivity contribution in [1.29, 1.82) is 0 Å². The second kappa shape index (κ2) is 50.7. The van der Waals surface area contributed by atoms with E-state index in [9.17, 15) is 86.3 Å². The molecular weight excluding hydrogens is 1510 g/mol. The quantitative estimate of drug-likeness (QED) is 0.0206. The molecule has 36 nitrogen and oxygen atoms in total. The number of esters is 2. The van der Waals surface area contributed by atoms with Gasteiger partial charge < -0.3 is 94.5 Å². The molecule has 0 radical (unpaired) electrons. The molecule has 99 heavy (non-hydrogen) atoms. The first-order valence-electron chi connectivity index (χ1n) is 28.5. The summed E-state index contributed by atoms with van der Waals surface area (Å²) in [5.74, 6) is -16.8. The van der Waals surface area contributed by atoms with Crippen molar-refractivity contribution in [3.8, 4) is 0 Å². The Morgan fingerprint density at radius 3 is 1.23 bits per heavy atom. The van der Waals surface area contributed by atoms with Gasteiger partial charge in [0.05, 0.1) is 53.4 Å². The summed E-state index contributed by atoms with van der Waals surface area (Å²) in [7, 11) is 2.36. The summed E-state index contributed by atoms with van der Waals surface area (Å²) in [5.41, 5.74) is 17.2. The number of rotatable bonds is 44. The molecule has 2 aromatic carbocycles. The van der Waals surface area contributed by atoms with Crippen LogP contribution < -0.4 is 54.4 Å². The number of ketones is 3. The lowest BCUT2D eigenvalue weighted by Gasteiger charge is -2.19. The number of carbonyl (C=O) groups excluding carboxylic acids is 12. The number of nitrogens with two attached hydrogens (primary N) is 3. The third-order valence-corrected chi connectivity index (χ3v) is 16.2. The minimum absolute atomic E-state index is 0. The molecule has 19 N–H and O–H groups in total. The van der Waals surface area contributed by atoms with Crippen molar-refractivity contribution in [1.82, 2.24) is 26.6 Å². The molecule has 6 atom stereocenters. The van der Waals surface area contributed by atoms with Crippen LogP contribution in [0.2, 0.25) is 0 Å². The van der Waals surface area contributed by atoms with Gasteiger partial charge >= 0.3 is 47.8 Å². The van der Waals surface area contributed by atoms with E-state index in [1.165, 1.54) is 25.3 Å². The zero-order valence-corrected chi connectivity index (χ0v) is 58.2. The van der Waals surface area contributed by atoms with Crippen LogP contribution in [0.15, 0.2) is 36.4 Å². The van der Waals surface area contributed by atoms with Gasteiger partial charge in [-0.25, -0.2) is 9.59 Å². The number of anilines is 2. The molecule has 0 heterocycles. The SMILES string of the molecule is C.COC(=O)c1cccc(NC(=O)CBr)c1CC(=O)CBr.COC(=O)c1cccc(NC(=O)CSCC(NC(=O)CCC(N)C(=O)O)C(=O)NCC(=O)O)c1CC(=O)CSCC(NC(=O)CCC(N)C(=O)O)C(=O)NCC(=O)O.NC(CCC(=O)CC(CS)C(=O)NCC(=O)O)C(=O)O. The molecule has 550 valence electrons. The van der Waals surface area contributed by atoms with Gasteiger partial charge in [-0.05, 0) is 54.7 Å². The molecule has 2 aromatic rings. The number of methoxy groups -OCH3 is 2. The van der Waals surface area contributed by atoms with Crippen LogP contribution in [-0.4, -0.2) is 241 Å². The number of halogens is 2. The number of carboxylic acids is 6. The van der Waals surface area contributed by atoms with Crippen molar-refractivity contribution in [2.24, 2.45) is 23.1 Å². The van der Waals surface area contributed by atoms with E-state index >= 15 is 0 Å². The number of thiol groups is 1. The van der Waals surface area contributed by atoms with Gasteiger partial charge in [0.1, 0.15) is 67.2 Å². The Morgan fingerprint density at radius 1 is 0.495 bits per heavy atom. The molecule has 6 unspecified atom stereocenters. The summed E-state index contributed by atoms with van der Waals surface area (Å²) in [4.78, 5) is 211. The van der Waals surface area contributed by atoms with Gasteiger partial charge in [0.25, 0.3) is 0 Å². The molecule has 41 heteroatoms. The third-order valence-electron chi connectivity index (χ3n) is 12.5. The van der Waals surface area contributed by atoms with Crippen molar-refractivity contribution >= 4 is 186 Å². The van der Waals surface area contributed by atoms with Crippen molar-refractivity contribution in [2.75, 3.05) is 83.9 Å². The number of amides is 7. The molecule has 7 amide bonds. The Hall–Kier alpha value is -8.61. The Labute approximate surface area is 596 Å². The van der Waals surface area contributed by atoms with E-state index < -0.39 is 151 Å². The van der Waals surface area contributed by atoms with Crippen molar-refractivity contribution < 1.29 is 126 Å². The van der Waals surface area contributed by atoms with E-state index in [0.717, 1.165) is 30.6 Å². The second-order valence-electron chi connectivity index (χ2n) is 20.1. The Balaban J connectivity index is 0. The number of carboxylic acid groups (broad SMARTS) is 6. The van der Waals surface area contributed by atoms with Crippen LogP contribution in [0.3, 0.4) is 0 Å². The fraction of sp³-hybridized carbons (Fsp3) is 0.483.